The van der Waals surface area contributed by atoms with Gasteiger partial charge in [0, 0.05) is 30.0 Å². The van der Waals surface area contributed by atoms with Crippen molar-refractivity contribution in [3.63, 3.8) is 0 Å². The Morgan fingerprint density at radius 3 is 2.12 bits per heavy atom. The molecule has 0 aromatic heterocycles. The standard InChI is InChI=1S/C22H25O3P/c1-4-15-26(24,16-5-2)22(19-11-13-20(25-3)14-12-19)17-21(23)18-9-7-6-8-10-18/h4-14,22H,1-2,15-17H2,3H3/t22-/m0/s1. The first-order valence-corrected chi connectivity index (χ1v) is 10.7. The van der Waals surface area contributed by atoms with Crippen LogP contribution < -0.4 is 4.74 Å². The van der Waals surface area contributed by atoms with Crippen LogP contribution in [0, 0.1) is 0 Å². The fourth-order valence-electron chi connectivity index (χ4n) is 3.07. The van der Waals surface area contributed by atoms with Crippen molar-refractivity contribution in [1.29, 1.82) is 0 Å². The highest BCUT2D eigenvalue weighted by atomic mass is 31.2. The summed E-state index contributed by atoms with van der Waals surface area (Å²) in [6, 6.07) is 16.6. The lowest BCUT2D eigenvalue weighted by Gasteiger charge is -2.26. The van der Waals surface area contributed by atoms with Crippen LogP contribution in [-0.2, 0) is 4.57 Å². The number of ketones is 1. The third-order valence-corrected chi connectivity index (χ3v) is 7.79. The van der Waals surface area contributed by atoms with Gasteiger partial charge in [0.05, 0.1) is 7.11 Å². The van der Waals surface area contributed by atoms with E-state index >= 15 is 0 Å². The molecule has 4 heteroatoms. The summed E-state index contributed by atoms with van der Waals surface area (Å²) < 4.78 is 18.9. The molecular weight excluding hydrogens is 343 g/mol. The van der Waals surface area contributed by atoms with Crippen LogP contribution in [0.1, 0.15) is 28.0 Å². The van der Waals surface area contributed by atoms with Crippen molar-refractivity contribution < 1.29 is 14.1 Å². The summed E-state index contributed by atoms with van der Waals surface area (Å²) in [5.41, 5.74) is 1.13. The molecule has 0 aliphatic carbocycles. The fourth-order valence-corrected chi connectivity index (χ4v) is 5.81. The molecule has 0 saturated carbocycles. The van der Waals surface area contributed by atoms with Crippen LogP contribution in [0.15, 0.2) is 79.9 Å². The molecule has 0 spiro atoms. The van der Waals surface area contributed by atoms with Crippen LogP contribution in [0.3, 0.4) is 0 Å². The lowest BCUT2D eigenvalue weighted by atomic mass is 10.0. The summed E-state index contributed by atoms with van der Waals surface area (Å²) in [4.78, 5) is 12.8. The Bertz CT molecular complexity index is 780. The van der Waals surface area contributed by atoms with Gasteiger partial charge in [0.1, 0.15) is 12.9 Å². The molecule has 0 aliphatic rings. The smallest absolute Gasteiger partial charge is 0.163 e. The van der Waals surface area contributed by atoms with E-state index in [0.29, 0.717) is 17.9 Å². The second kappa shape index (κ2) is 9.35. The van der Waals surface area contributed by atoms with Crippen LogP contribution in [0.4, 0.5) is 0 Å². The minimum Gasteiger partial charge on any atom is -0.497 e. The molecule has 0 radical (unpaired) electrons. The molecule has 0 heterocycles. The summed E-state index contributed by atoms with van der Waals surface area (Å²) in [5, 5.41) is 0. The Kier molecular flexibility index (Phi) is 7.17. The van der Waals surface area contributed by atoms with E-state index in [-0.39, 0.29) is 17.9 Å². The van der Waals surface area contributed by atoms with Gasteiger partial charge in [0.15, 0.2) is 5.78 Å². The van der Waals surface area contributed by atoms with E-state index < -0.39 is 7.14 Å². The Hall–Kier alpha value is -2.38. The highest BCUT2D eigenvalue weighted by Gasteiger charge is 2.34. The molecule has 0 unspecified atom stereocenters. The first-order valence-electron chi connectivity index (χ1n) is 8.56. The van der Waals surface area contributed by atoms with Crippen molar-refractivity contribution in [2.45, 2.75) is 12.1 Å². The van der Waals surface area contributed by atoms with E-state index in [2.05, 4.69) is 13.2 Å². The van der Waals surface area contributed by atoms with Gasteiger partial charge in [-0.3, -0.25) is 4.79 Å². The maximum Gasteiger partial charge on any atom is 0.163 e. The number of methoxy groups -OCH3 is 1. The van der Waals surface area contributed by atoms with Gasteiger partial charge in [-0.15, -0.1) is 13.2 Å². The predicted molar refractivity (Wildman–Crippen MR) is 109 cm³/mol. The van der Waals surface area contributed by atoms with Crippen molar-refractivity contribution in [2.24, 2.45) is 0 Å². The van der Waals surface area contributed by atoms with Crippen LogP contribution >= 0.6 is 7.14 Å². The summed E-state index contributed by atoms with van der Waals surface area (Å²) in [5.74, 6) is 0.712. The van der Waals surface area contributed by atoms with Crippen molar-refractivity contribution in [2.75, 3.05) is 19.4 Å². The molecule has 0 amide bonds. The first-order chi connectivity index (χ1) is 12.5. The lowest BCUT2D eigenvalue weighted by molar-refractivity contribution is 0.0980. The van der Waals surface area contributed by atoms with Gasteiger partial charge < -0.3 is 9.30 Å². The molecule has 2 rings (SSSR count). The molecule has 2 aromatic rings. The van der Waals surface area contributed by atoms with Crippen LogP contribution in [-0.4, -0.2) is 25.2 Å². The summed E-state index contributed by atoms with van der Waals surface area (Å²) in [6.45, 7) is 7.51. The number of benzene rings is 2. The summed E-state index contributed by atoms with van der Waals surface area (Å²) >= 11 is 0. The van der Waals surface area contributed by atoms with E-state index in [1.165, 1.54) is 0 Å². The third-order valence-electron chi connectivity index (χ3n) is 4.42. The van der Waals surface area contributed by atoms with Gasteiger partial charge >= 0.3 is 0 Å². The highest BCUT2D eigenvalue weighted by molar-refractivity contribution is 7.64. The SMILES string of the molecule is C=CCP(=O)(CC=C)[C@@H](CC(=O)c1ccccc1)c1ccc(OC)cc1. The monoisotopic (exact) mass is 368 g/mol. The highest BCUT2D eigenvalue weighted by Crippen LogP contribution is 2.61. The van der Waals surface area contributed by atoms with Gasteiger partial charge in [0.25, 0.3) is 0 Å². The number of ether oxygens (including phenoxy) is 1. The normalized spacial score (nSPS) is 12.2. The second-order valence-corrected chi connectivity index (χ2v) is 9.44. The molecule has 0 saturated heterocycles. The van der Waals surface area contributed by atoms with Gasteiger partial charge in [-0.25, -0.2) is 0 Å². The maximum absolute atomic E-state index is 13.7. The average Bonchev–Trinajstić information content (AvgIpc) is 2.67. The molecule has 0 bridgehead atoms. The maximum atomic E-state index is 13.7. The summed E-state index contributed by atoms with van der Waals surface area (Å²) in [6.07, 6.45) is 4.28. The average molecular weight is 368 g/mol. The number of hydrogen-bond donors (Lipinski definition) is 0. The van der Waals surface area contributed by atoms with Crippen molar-refractivity contribution in [1.82, 2.24) is 0 Å². The zero-order valence-electron chi connectivity index (χ0n) is 15.1. The Labute approximate surface area is 155 Å². The quantitative estimate of drug-likeness (QED) is 0.305. The van der Waals surface area contributed by atoms with Gasteiger partial charge in [-0.05, 0) is 17.7 Å². The number of carbonyl (C=O) groups is 1. The van der Waals surface area contributed by atoms with E-state index in [4.69, 9.17) is 4.74 Å². The zero-order valence-corrected chi connectivity index (χ0v) is 16.0. The molecule has 26 heavy (non-hydrogen) atoms. The Morgan fingerprint density at radius 2 is 1.62 bits per heavy atom. The third kappa shape index (κ3) is 4.83. The molecule has 0 N–H and O–H groups in total. The molecule has 0 fully saturated rings. The van der Waals surface area contributed by atoms with E-state index in [1.807, 2.05) is 42.5 Å². The minimum atomic E-state index is -2.75. The topological polar surface area (TPSA) is 43.4 Å². The predicted octanol–water partition coefficient (Wildman–Crippen LogP) is 5.74. The molecule has 2 aromatic carbocycles. The van der Waals surface area contributed by atoms with E-state index in [0.717, 1.165) is 11.3 Å². The largest absolute Gasteiger partial charge is 0.497 e. The van der Waals surface area contributed by atoms with Gasteiger partial charge in [-0.2, -0.15) is 0 Å². The second-order valence-electron chi connectivity index (χ2n) is 6.18. The molecular formula is C22H25O3P. The van der Waals surface area contributed by atoms with Crippen molar-refractivity contribution in [3.8, 4) is 5.75 Å². The van der Waals surface area contributed by atoms with Crippen LogP contribution in [0.25, 0.3) is 0 Å². The molecule has 3 nitrogen and oxygen atoms in total. The number of rotatable bonds is 10. The van der Waals surface area contributed by atoms with Gasteiger partial charge in [-0.1, -0.05) is 54.6 Å². The Balaban J connectivity index is 2.42. The minimum absolute atomic E-state index is 0.0141. The van der Waals surface area contributed by atoms with Gasteiger partial charge in [0.2, 0.25) is 0 Å². The number of hydrogen-bond acceptors (Lipinski definition) is 3. The lowest BCUT2D eigenvalue weighted by Crippen LogP contribution is -2.11. The van der Waals surface area contributed by atoms with Crippen molar-refractivity contribution >= 4 is 12.9 Å². The van der Waals surface area contributed by atoms with E-state index in [9.17, 15) is 9.36 Å². The molecule has 0 aliphatic heterocycles. The van der Waals surface area contributed by atoms with Crippen molar-refractivity contribution in [3.05, 3.63) is 91.0 Å². The summed E-state index contributed by atoms with van der Waals surface area (Å²) in [7, 11) is -1.14. The Morgan fingerprint density at radius 1 is 1.04 bits per heavy atom. The van der Waals surface area contributed by atoms with Crippen LogP contribution in [0.2, 0.25) is 0 Å². The molecule has 136 valence electrons. The first kappa shape index (κ1) is 19.9. The fraction of sp³-hybridized carbons (Fsp3) is 0.227. The number of Topliss-reactive ketones (excluding diaryl/α,β-unsaturated/α-hetero) is 1. The molecule has 1 atom stereocenters. The number of allylic oxidation sites excluding steroid dienone is 2. The van der Waals surface area contributed by atoms with Crippen LogP contribution in [0.5, 0.6) is 5.75 Å². The zero-order chi connectivity index (χ0) is 19.0. The van der Waals surface area contributed by atoms with E-state index in [1.54, 1.807) is 31.4 Å². The number of carbonyl (C=O) groups excluding carboxylic acids is 1.